The predicted molar refractivity (Wildman–Crippen MR) is 190 cm³/mol. The largest absolute Gasteiger partial charge is 0.152 e. The van der Waals surface area contributed by atoms with E-state index in [0.717, 1.165) is 46.0 Å². The third-order valence-corrected chi connectivity index (χ3v) is 12.3. The van der Waals surface area contributed by atoms with E-state index in [2.05, 4.69) is 109 Å². The standard InChI is InChI=1S/C38H34S4/c1-4-31-18-32(5-1)38-35-8-3-9-36(38)26-42-22-30-16-12-28(13-17-30)20-40-24-34-7-2-6-33(37(31)34)23-39-19-27-10-14-29(15-11-27)21-41-25-35/h1-18H,19-26H2. The molecule has 0 saturated heterocycles. The van der Waals surface area contributed by atoms with Gasteiger partial charge in [-0.1, -0.05) is 103 Å². The molecule has 210 valence electrons. The van der Waals surface area contributed by atoms with Gasteiger partial charge in [0.1, 0.15) is 0 Å². The fourth-order valence-corrected chi connectivity index (χ4v) is 9.90. The lowest BCUT2D eigenvalue weighted by Gasteiger charge is -2.19. The smallest absolute Gasteiger partial charge is 0.0194 e. The Kier molecular flexibility index (Phi) is 9.04. The average Bonchev–Trinajstić information content (AvgIpc) is 3.02. The third-order valence-electron chi connectivity index (χ3n) is 8.07. The molecule has 0 N–H and O–H groups in total. The maximum atomic E-state index is 2.48. The molecule has 0 nitrogen and oxygen atoms in total. The minimum Gasteiger partial charge on any atom is -0.152 e. The van der Waals surface area contributed by atoms with Crippen LogP contribution in [0.4, 0.5) is 0 Å². The maximum absolute atomic E-state index is 2.48. The summed E-state index contributed by atoms with van der Waals surface area (Å²) < 4.78 is 0. The van der Waals surface area contributed by atoms with Crippen LogP contribution in [0.2, 0.25) is 0 Å². The first-order chi connectivity index (χ1) is 20.8. The molecule has 5 aromatic carbocycles. The first-order valence-electron chi connectivity index (χ1n) is 14.6. The Morgan fingerprint density at radius 3 is 0.905 bits per heavy atom. The van der Waals surface area contributed by atoms with Gasteiger partial charge in [0.25, 0.3) is 0 Å². The normalized spacial score (nSPS) is 15.4. The summed E-state index contributed by atoms with van der Waals surface area (Å²) >= 11 is 8.11. The van der Waals surface area contributed by atoms with Gasteiger partial charge < -0.3 is 0 Å². The van der Waals surface area contributed by atoms with Crippen LogP contribution in [0.25, 0.3) is 22.3 Å². The van der Waals surface area contributed by atoms with E-state index < -0.39 is 0 Å². The molecule has 0 spiro atoms. The van der Waals surface area contributed by atoms with E-state index in [1.165, 1.54) is 66.8 Å². The zero-order valence-electron chi connectivity index (χ0n) is 23.7. The molecule has 8 bridgehead atoms. The van der Waals surface area contributed by atoms with Crippen molar-refractivity contribution in [2.45, 2.75) is 46.0 Å². The lowest BCUT2D eigenvalue weighted by atomic mass is 9.90. The number of hydrogen-bond donors (Lipinski definition) is 0. The molecule has 0 saturated carbocycles. The van der Waals surface area contributed by atoms with E-state index in [-0.39, 0.29) is 0 Å². The molecule has 0 atom stereocenters. The van der Waals surface area contributed by atoms with Crippen LogP contribution in [0.1, 0.15) is 44.5 Å². The minimum atomic E-state index is 1.01. The molecule has 0 aliphatic carbocycles. The number of benzene rings is 5. The van der Waals surface area contributed by atoms with Crippen LogP contribution in [-0.4, -0.2) is 0 Å². The van der Waals surface area contributed by atoms with Crippen molar-refractivity contribution >= 4 is 47.0 Å². The van der Waals surface area contributed by atoms with E-state index in [1.807, 2.05) is 47.0 Å². The van der Waals surface area contributed by atoms with Gasteiger partial charge in [0.2, 0.25) is 0 Å². The molecule has 0 unspecified atom stereocenters. The van der Waals surface area contributed by atoms with E-state index in [4.69, 9.17) is 0 Å². The van der Waals surface area contributed by atoms with Crippen molar-refractivity contribution in [1.82, 2.24) is 0 Å². The van der Waals surface area contributed by atoms with Gasteiger partial charge in [-0.05, 0) is 72.8 Å². The molecule has 4 heteroatoms. The Bertz CT molecular complexity index is 1450. The fraction of sp³-hybridized carbons (Fsp3) is 0.211. The van der Waals surface area contributed by atoms with Gasteiger partial charge in [-0.25, -0.2) is 0 Å². The summed E-state index contributed by atoms with van der Waals surface area (Å²) in [5, 5.41) is 0. The summed E-state index contributed by atoms with van der Waals surface area (Å²) in [4.78, 5) is 0. The third kappa shape index (κ3) is 6.53. The number of hydrogen-bond acceptors (Lipinski definition) is 4. The van der Waals surface area contributed by atoms with Crippen LogP contribution >= 0.6 is 47.0 Å². The van der Waals surface area contributed by atoms with Crippen LogP contribution < -0.4 is 0 Å². The van der Waals surface area contributed by atoms with Crippen LogP contribution in [0.15, 0.2) is 109 Å². The van der Waals surface area contributed by atoms with Gasteiger partial charge in [0, 0.05) is 46.0 Å². The lowest BCUT2D eigenvalue weighted by Crippen LogP contribution is -1.97. The van der Waals surface area contributed by atoms with Crippen molar-refractivity contribution in [3.8, 4) is 22.3 Å². The first kappa shape index (κ1) is 28.3. The molecule has 4 aliphatic heterocycles. The summed E-state index contributed by atoms with van der Waals surface area (Å²) in [5.74, 6) is 8.18. The molecule has 5 aromatic rings. The summed E-state index contributed by atoms with van der Waals surface area (Å²) in [7, 11) is 0. The summed E-state index contributed by atoms with van der Waals surface area (Å²) in [5.41, 5.74) is 17.0. The molecule has 0 amide bonds. The van der Waals surface area contributed by atoms with Crippen LogP contribution in [0.5, 0.6) is 0 Å². The molecule has 4 aliphatic rings. The second-order valence-electron chi connectivity index (χ2n) is 11.1. The van der Waals surface area contributed by atoms with E-state index in [0.29, 0.717) is 0 Å². The topological polar surface area (TPSA) is 0 Å². The van der Waals surface area contributed by atoms with Crippen molar-refractivity contribution in [2.75, 3.05) is 0 Å². The molecular weight excluding hydrogens is 585 g/mol. The van der Waals surface area contributed by atoms with Gasteiger partial charge in [-0.2, -0.15) is 47.0 Å². The Morgan fingerprint density at radius 2 is 0.595 bits per heavy atom. The second-order valence-corrected chi connectivity index (χ2v) is 15.0. The molecule has 0 aromatic heterocycles. The van der Waals surface area contributed by atoms with Gasteiger partial charge in [0.15, 0.2) is 0 Å². The van der Waals surface area contributed by atoms with Gasteiger partial charge >= 0.3 is 0 Å². The SMILES string of the molecule is c1cc2cc(c1)-c1c3cccc1CSCc1ccc(cc1)CSCc1cccc(c1-2)CSCc1ccc(cc1)CSC3. The maximum Gasteiger partial charge on any atom is 0.0194 e. The van der Waals surface area contributed by atoms with E-state index in [9.17, 15) is 0 Å². The van der Waals surface area contributed by atoms with Crippen molar-refractivity contribution in [2.24, 2.45) is 0 Å². The number of thioether (sulfide) groups is 4. The number of fused-ring (bicyclic) bond motifs is 12. The summed E-state index contributed by atoms with van der Waals surface area (Å²) in [6, 6.07) is 42.1. The second kappa shape index (κ2) is 13.4. The Labute approximate surface area is 267 Å². The zero-order chi connectivity index (χ0) is 28.1. The molecule has 0 radical (unpaired) electrons. The van der Waals surface area contributed by atoms with Crippen LogP contribution in [0, 0.1) is 0 Å². The fourth-order valence-electron chi connectivity index (χ4n) is 5.94. The molecule has 9 rings (SSSR count). The quantitative estimate of drug-likeness (QED) is 0.169. The Hall–Kier alpha value is -2.50. The van der Waals surface area contributed by atoms with E-state index >= 15 is 0 Å². The Morgan fingerprint density at radius 1 is 0.310 bits per heavy atom. The highest BCUT2D eigenvalue weighted by Gasteiger charge is 2.17. The molecule has 42 heavy (non-hydrogen) atoms. The van der Waals surface area contributed by atoms with E-state index in [1.54, 1.807) is 0 Å². The minimum absolute atomic E-state index is 1.01. The highest BCUT2D eigenvalue weighted by Crippen LogP contribution is 2.39. The van der Waals surface area contributed by atoms with Crippen LogP contribution in [0.3, 0.4) is 0 Å². The van der Waals surface area contributed by atoms with Crippen molar-refractivity contribution in [1.29, 1.82) is 0 Å². The van der Waals surface area contributed by atoms with Gasteiger partial charge in [0.05, 0.1) is 0 Å². The number of rotatable bonds is 0. The molecule has 4 heterocycles. The molecule has 0 fully saturated rings. The highest BCUT2D eigenvalue weighted by molar-refractivity contribution is 7.98. The van der Waals surface area contributed by atoms with Crippen molar-refractivity contribution < 1.29 is 0 Å². The van der Waals surface area contributed by atoms with Gasteiger partial charge in [-0.15, -0.1) is 0 Å². The predicted octanol–water partition coefficient (Wildman–Crippen LogP) is 11.4. The van der Waals surface area contributed by atoms with Crippen LogP contribution in [-0.2, 0) is 46.0 Å². The highest BCUT2D eigenvalue weighted by atomic mass is 32.2. The van der Waals surface area contributed by atoms with Crippen molar-refractivity contribution in [3.05, 3.63) is 154 Å². The summed E-state index contributed by atoms with van der Waals surface area (Å²) in [6.07, 6.45) is 0. The first-order valence-corrected chi connectivity index (χ1v) is 19.2. The van der Waals surface area contributed by atoms with Crippen molar-refractivity contribution in [3.63, 3.8) is 0 Å². The van der Waals surface area contributed by atoms with Gasteiger partial charge in [-0.3, -0.25) is 0 Å². The zero-order valence-corrected chi connectivity index (χ0v) is 26.9. The summed E-state index contributed by atoms with van der Waals surface area (Å²) in [6.45, 7) is 0. The Balaban J connectivity index is 1.39. The monoisotopic (exact) mass is 618 g/mol. The average molecular weight is 619 g/mol. The lowest BCUT2D eigenvalue weighted by molar-refractivity contribution is 1.29. The molecular formula is C38H34S4.